The molecule has 0 aliphatic heterocycles. The molecule has 21 heavy (non-hydrogen) atoms. The second-order valence-electron chi connectivity index (χ2n) is 4.95. The van der Waals surface area contributed by atoms with E-state index in [1.807, 2.05) is 37.3 Å². The maximum absolute atomic E-state index is 10.6. The van der Waals surface area contributed by atoms with Crippen molar-refractivity contribution in [3.8, 4) is 5.75 Å². The number of halogens is 1. The predicted octanol–water partition coefficient (Wildman–Crippen LogP) is 4.48. The number of fused-ring (bicyclic) bond motifs is 1. The third kappa shape index (κ3) is 2.50. The minimum absolute atomic E-state index is 0.446. The van der Waals surface area contributed by atoms with Crippen LogP contribution in [0.25, 0.3) is 11.0 Å². The first kappa shape index (κ1) is 14.0. The van der Waals surface area contributed by atoms with Gasteiger partial charge >= 0.3 is 0 Å². The van der Waals surface area contributed by atoms with Gasteiger partial charge in [0.2, 0.25) is 0 Å². The smallest absolute Gasteiger partial charge is 0.153 e. The average Bonchev–Trinajstić information content (AvgIpc) is 2.92. The number of aliphatic hydroxyl groups is 1. The summed E-state index contributed by atoms with van der Waals surface area (Å²) in [7, 11) is 1.58. The molecule has 3 aromatic rings. The number of aryl methyl sites for hydroxylation is 1. The van der Waals surface area contributed by atoms with Gasteiger partial charge in [-0.25, -0.2) is 0 Å². The second kappa shape index (κ2) is 5.43. The summed E-state index contributed by atoms with van der Waals surface area (Å²) < 4.78 is 11.0. The standard InChI is InChI=1S/C17H15ClO3/c1-10-6-7-14(20-2)12(8-10)16(19)15-9-11-4-3-5-13(18)17(11)21-15/h3-9,16,19H,1-2H3. The Labute approximate surface area is 127 Å². The van der Waals surface area contributed by atoms with E-state index in [1.165, 1.54) is 0 Å². The van der Waals surface area contributed by atoms with Gasteiger partial charge in [-0.05, 0) is 31.2 Å². The number of hydrogen-bond donors (Lipinski definition) is 1. The number of ether oxygens (including phenoxy) is 1. The quantitative estimate of drug-likeness (QED) is 0.775. The molecule has 1 aromatic heterocycles. The molecule has 0 bridgehead atoms. The van der Waals surface area contributed by atoms with Crippen molar-refractivity contribution < 1.29 is 14.3 Å². The molecule has 3 rings (SSSR count). The highest BCUT2D eigenvalue weighted by molar-refractivity contribution is 6.34. The molecule has 0 aliphatic carbocycles. The van der Waals surface area contributed by atoms with Crippen LogP contribution >= 0.6 is 11.6 Å². The minimum Gasteiger partial charge on any atom is -0.496 e. The zero-order chi connectivity index (χ0) is 15.0. The Morgan fingerprint density at radius 3 is 2.71 bits per heavy atom. The fraction of sp³-hybridized carbons (Fsp3) is 0.176. The Kier molecular flexibility index (Phi) is 3.62. The first-order valence-electron chi connectivity index (χ1n) is 6.60. The summed E-state index contributed by atoms with van der Waals surface area (Å²) in [5, 5.41) is 12.0. The van der Waals surface area contributed by atoms with E-state index < -0.39 is 6.10 Å². The molecule has 0 radical (unpaired) electrons. The van der Waals surface area contributed by atoms with Crippen LogP contribution in [-0.2, 0) is 0 Å². The molecule has 0 saturated heterocycles. The van der Waals surface area contributed by atoms with Crippen LogP contribution in [0.1, 0.15) is 23.0 Å². The normalized spacial score (nSPS) is 12.6. The first-order valence-corrected chi connectivity index (χ1v) is 6.98. The zero-order valence-corrected chi connectivity index (χ0v) is 12.5. The van der Waals surface area contributed by atoms with Crippen molar-refractivity contribution in [3.05, 3.63) is 64.4 Å². The SMILES string of the molecule is COc1ccc(C)cc1C(O)c1cc2cccc(Cl)c2o1. The summed E-state index contributed by atoms with van der Waals surface area (Å²) in [4.78, 5) is 0. The molecule has 1 unspecified atom stereocenters. The Hall–Kier alpha value is -1.97. The van der Waals surface area contributed by atoms with Crippen LogP contribution in [0.5, 0.6) is 5.75 Å². The van der Waals surface area contributed by atoms with E-state index in [1.54, 1.807) is 19.2 Å². The Morgan fingerprint density at radius 1 is 1.19 bits per heavy atom. The summed E-state index contributed by atoms with van der Waals surface area (Å²) >= 11 is 6.10. The highest BCUT2D eigenvalue weighted by Gasteiger charge is 2.20. The fourth-order valence-electron chi connectivity index (χ4n) is 2.40. The summed E-state index contributed by atoms with van der Waals surface area (Å²) in [6.07, 6.45) is -0.900. The van der Waals surface area contributed by atoms with Gasteiger partial charge in [0.15, 0.2) is 5.58 Å². The molecule has 2 aromatic carbocycles. The number of aliphatic hydroxyl groups excluding tert-OH is 1. The van der Waals surface area contributed by atoms with Crippen molar-refractivity contribution in [3.63, 3.8) is 0 Å². The fourth-order valence-corrected chi connectivity index (χ4v) is 2.62. The van der Waals surface area contributed by atoms with Gasteiger partial charge in [0.05, 0.1) is 12.1 Å². The van der Waals surface area contributed by atoms with E-state index in [0.29, 0.717) is 27.7 Å². The lowest BCUT2D eigenvalue weighted by Gasteiger charge is -2.13. The number of rotatable bonds is 3. The van der Waals surface area contributed by atoms with Crippen LogP contribution < -0.4 is 4.74 Å². The van der Waals surface area contributed by atoms with E-state index in [9.17, 15) is 5.11 Å². The van der Waals surface area contributed by atoms with Gasteiger partial charge in [-0.1, -0.05) is 35.4 Å². The second-order valence-corrected chi connectivity index (χ2v) is 5.36. The van der Waals surface area contributed by atoms with E-state index >= 15 is 0 Å². The van der Waals surface area contributed by atoms with E-state index in [0.717, 1.165) is 10.9 Å². The van der Waals surface area contributed by atoms with Crippen molar-refractivity contribution in [2.75, 3.05) is 7.11 Å². The van der Waals surface area contributed by atoms with E-state index in [4.69, 9.17) is 20.8 Å². The molecule has 0 saturated carbocycles. The van der Waals surface area contributed by atoms with Crippen LogP contribution in [-0.4, -0.2) is 12.2 Å². The lowest BCUT2D eigenvalue weighted by molar-refractivity contribution is 0.187. The van der Waals surface area contributed by atoms with Crippen molar-refractivity contribution in [2.24, 2.45) is 0 Å². The summed E-state index contributed by atoms with van der Waals surface area (Å²) in [5.74, 6) is 1.07. The van der Waals surface area contributed by atoms with Gasteiger partial charge in [0, 0.05) is 10.9 Å². The maximum Gasteiger partial charge on any atom is 0.153 e. The van der Waals surface area contributed by atoms with Crippen LogP contribution in [0.2, 0.25) is 5.02 Å². The molecule has 1 N–H and O–H groups in total. The molecule has 108 valence electrons. The van der Waals surface area contributed by atoms with Crippen LogP contribution in [0.15, 0.2) is 46.9 Å². The van der Waals surface area contributed by atoms with Crippen LogP contribution in [0, 0.1) is 6.92 Å². The van der Waals surface area contributed by atoms with Crippen molar-refractivity contribution in [2.45, 2.75) is 13.0 Å². The Bertz CT molecular complexity index is 792. The lowest BCUT2D eigenvalue weighted by Crippen LogP contribution is -2.01. The molecule has 0 fully saturated rings. The summed E-state index contributed by atoms with van der Waals surface area (Å²) in [5.41, 5.74) is 2.30. The van der Waals surface area contributed by atoms with Crippen molar-refractivity contribution in [1.82, 2.24) is 0 Å². The maximum atomic E-state index is 10.6. The highest BCUT2D eigenvalue weighted by Crippen LogP contribution is 2.35. The van der Waals surface area contributed by atoms with Crippen LogP contribution in [0.4, 0.5) is 0 Å². The number of furan rings is 1. The predicted molar refractivity (Wildman–Crippen MR) is 83.0 cm³/mol. The van der Waals surface area contributed by atoms with E-state index in [-0.39, 0.29) is 0 Å². The van der Waals surface area contributed by atoms with Gasteiger partial charge in [0.25, 0.3) is 0 Å². The summed E-state index contributed by atoms with van der Waals surface area (Å²) in [6.45, 7) is 1.96. The molecule has 4 heteroatoms. The minimum atomic E-state index is -0.900. The zero-order valence-electron chi connectivity index (χ0n) is 11.8. The van der Waals surface area contributed by atoms with E-state index in [2.05, 4.69) is 0 Å². The molecule has 1 heterocycles. The Balaban J connectivity index is 2.10. The van der Waals surface area contributed by atoms with Gasteiger partial charge in [-0.2, -0.15) is 0 Å². The van der Waals surface area contributed by atoms with Gasteiger partial charge < -0.3 is 14.3 Å². The first-order chi connectivity index (χ1) is 10.1. The monoisotopic (exact) mass is 302 g/mol. The highest BCUT2D eigenvalue weighted by atomic mass is 35.5. The number of benzene rings is 2. The van der Waals surface area contributed by atoms with Crippen LogP contribution in [0.3, 0.4) is 0 Å². The Morgan fingerprint density at radius 2 is 2.00 bits per heavy atom. The van der Waals surface area contributed by atoms with Gasteiger partial charge in [-0.3, -0.25) is 0 Å². The molecule has 0 spiro atoms. The topological polar surface area (TPSA) is 42.6 Å². The number of hydrogen-bond acceptors (Lipinski definition) is 3. The van der Waals surface area contributed by atoms with Gasteiger partial charge in [-0.15, -0.1) is 0 Å². The van der Waals surface area contributed by atoms with Gasteiger partial charge in [0.1, 0.15) is 17.6 Å². The summed E-state index contributed by atoms with van der Waals surface area (Å²) in [6, 6.07) is 13.0. The third-order valence-electron chi connectivity index (χ3n) is 3.46. The number of methoxy groups -OCH3 is 1. The number of para-hydroxylation sites is 1. The molecule has 3 nitrogen and oxygen atoms in total. The molecular formula is C17H15ClO3. The molecule has 0 aliphatic rings. The average molecular weight is 303 g/mol. The molecular weight excluding hydrogens is 288 g/mol. The third-order valence-corrected chi connectivity index (χ3v) is 3.76. The van der Waals surface area contributed by atoms with Crippen molar-refractivity contribution in [1.29, 1.82) is 0 Å². The lowest BCUT2D eigenvalue weighted by atomic mass is 10.0. The van der Waals surface area contributed by atoms with Crippen molar-refractivity contribution >= 4 is 22.6 Å². The molecule has 0 amide bonds. The largest absolute Gasteiger partial charge is 0.496 e. The molecule has 1 atom stereocenters.